The molecule has 0 saturated carbocycles. The molecule has 1 rings (SSSR count). The van der Waals surface area contributed by atoms with Crippen molar-refractivity contribution in [3.63, 3.8) is 0 Å². The van der Waals surface area contributed by atoms with E-state index in [9.17, 15) is 4.79 Å². The molecule has 58 valence electrons. The molecule has 1 aromatic carbocycles. The van der Waals surface area contributed by atoms with Crippen molar-refractivity contribution < 1.29 is 4.79 Å². The summed E-state index contributed by atoms with van der Waals surface area (Å²) in [6, 6.07) is 3.40. The highest BCUT2D eigenvalue weighted by Gasteiger charge is 2.04. The van der Waals surface area contributed by atoms with Crippen LogP contribution in [0.3, 0.4) is 0 Å². The maximum atomic E-state index is 10.4. The molecule has 0 spiro atoms. The predicted octanol–water partition coefficient (Wildman–Crippen LogP) is 3.22. The van der Waals surface area contributed by atoms with E-state index in [1.54, 1.807) is 12.1 Å². The van der Waals surface area contributed by atoms with E-state index in [4.69, 9.17) is 11.6 Å². The molecule has 1 nitrogen and oxygen atoms in total. The number of carbonyl (C=O) groups excluding carboxylic acids is 1. The average molecular weight is 233 g/mol. The maximum absolute atomic E-state index is 10.4. The third-order valence-corrected chi connectivity index (χ3v) is 2.94. The fraction of sp³-hybridized carbons (Fsp3) is 0.125. The van der Waals surface area contributed by atoms with Crippen LogP contribution in [0.25, 0.3) is 0 Å². The second-order valence-electron chi connectivity index (χ2n) is 2.19. The lowest BCUT2D eigenvalue weighted by atomic mass is 10.1. The summed E-state index contributed by atoms with van der Waals surface area (Å²) in [5, 5.41) is 0.669. The third-order valence-electron chi connectivity index (χ3n) is 1.48. The van der Waals surface area contributed by atoms with Crippen LogP contribution in [0.1, 0.15) is 15.9 Å². The van der Waals surface area contributed by atoms with Crippen LogP contribution in [-0.2, 0) is 0 Å². The second kappa shape index (κ2) is 3.37. The second-order valence-corrected chi connectivity index (χ2v) is 3.39. The fourth-order valence-electron chi connectivity index (χ4n) is 0.773. The summed E-state index contributed by atoms with van der Waals surface area (Å²) in [5.74, 6) is 0. The number of aldehydes is 1. The van der Waals surface area contributed by atoms with E-state index in [1.165, 1.54) is 0 Å². The van der Waals surface area contributed by atoms with Crippen LogP contribution in [0.4, 0.5) is 0 Å². The van der Waals surface area contributed by atoms with E-state index in [-0.39, 0.29) is 0 Å². The highest BCUT2D eigenvalue weighted by molar-refractivity contribution is 9.10. The lowest BCUT2D eigenvalue weighted by Gasteiger charge is -2.02. The van der Waals surface area contributed by atoms with E-state index in [2.05, 4.69) is 15.9 Å². The van der Waals surface area contributed by atoms with Gasteiger partial charge in [0.25, 0.3) is 0 Å². The van der Waals surface area contributed by atoms with Crippen molar-refractivity contribution in [2.45, 2.75) is 6.92 Å². The molecule has 1 aromatic rings. The van der Waals surface area contributed by atoms with Crippen molar-refractivity contribution in [1.82, 2.24) is 0 Å². The van der Waals surface area contributed by atoms with Crippen molar-refractivity contribution in [3.8, 4) is 0 Å². The number of carbonyl (C=O) groups is 1. The molecular formula is C8H6BrClO. The van der Waals surface area contributed by atoms with Gasteiger partial charge in [-0.2, -0.15) is 0 Å². The Kier molecular flexibility index (Phi) is 2.68. The van der Waals surface area contributed by atoms with Crippen molar-refractivity contribution in [3.05, 3.63) is 32.8 Å². The van der Waals surface area contributed by atoms with Crippen LogP contribution in [-0.4, -0.2) is 6.29 Å². The van der Waals surface area contributed by atoms with Crippen LogP contribution >= 0.6 is 27.5 Å². The van der Waals surface area contributed by atoms with Crippen LogP contribution < -0.4 is 0 Å². The highest BCUT2D eigenvalue weighted by Crippen LogP contribution is 2.26. The van der Waals surface area contributed by atoms with Gasteiger partial charge in [-0.1, -0.05) is 11.6 Å². The summed E-state index contributed by atoms with van der Waals surface area (Å²) in [6.07, 6.45) is 0.799. The Balaban J connectivity index is 3.36. The number of benzene rings is 1. The summed E-state index contributed by atoms with van der Waals surface area (Å²) >= 11 is 9.07. The van der Waals surface area contributed by atoms with Crippen LogP contribution in [0, 0.1) is 6.92 Å². The molecule has 11 heavy (non-hydrogen) atoms. The predicted molar refractivity (Wildman–Crippen MR) is 49.3 cm³/mol. The molecule has 0 amide bonds. The minimum absolute atomic E-state index is 0.631. The summed E-state index contributed by atoms with van der Waals surface area (Å²) < 4.78 is 0.778. The SMILES string of the molecule is Cc1c(Cl)ccc(C=O)c1Br. The molecule has 0 aromatic heterocycles. The molecule has 0 aliphatic heterocycles. The third kappa shape index (κ3) is 1.63. The maximum Gasteiger partial charge on any atom is 0.151 e. The first-order valence-electron chi connectivity index (χ1n) is 3.06. The minimum Gasteiger partial charge on any atom is -0.298 e. The molecule has 0 unspecified atom stereocenters. The van der Waals surface area contributed by atoms with Crippen LogP contribution in [0.15, 0.2) is 16.6 Å². The quantitative estimate of drug-likeness (QED) is 0.681. The molecule has 0 N–H and O–H groups in total. The number of halogens is 2. The largest absolute Gasteiger partial charge is 0.298 e. The molecule has 0 fully saturated rings. The van der Waals surface area contributed by atoms with E-state index in [0.29, 0.717) is 10.6 Å². The number of hydrogen-bond acceptors (Lipinski definition) is 1. The van der Waals surface area contributed by atoms with Crippen molar-refractivity contribution in [1.29, 1.82) is 0 Å². The van der Waals surface area contributed by atoms with Gasteiger partial charge in [0.15, 0.2) is 6.29 Å². The first-order chi connectivity index (χ1) is 5.16. The number of hydrogen-bond donors (Lipinski definition) is 0. The Labute approximate surface area is 78.5 Å². The lowest BCUT2D eigenvalue weighted by molar-refractivity contribution is 0.112. The van der Waals surface area contributed by atoms with Gasteiger partial charge < -0.3 is 0 Å². The molecule has 0 heterocycles. The van der Waals surface area contributed by atoms with Crippen LogP contribution in [0.5, 0.6) is 0 Å². The van der Waals surface area contributed by atoms with Crippen molar-refractivity contribution in [2.75, 3.05) is 0 Å². The monoisotopic (exact) mass is 232 g/mol. The minimum atomic E-state index is 0.631. The fourth-order valence-corrected chi connectivity index (χ4v) is 1.48. The van der Waals surface area contributed by atoms with E-state index in [0.717, 1.165) is 16.3 Å². The molecule has 3 heteroatoms. The summed E-state index contributed by atoms with van der Waals surface area (Å²) in [7, 11) is 0. The zero-order valence-electron chi connectivity index (χ0n) is 5.90. The Morgan fingerprint density at radius 1 is 1.55 bits per heavy atom. The summed E-state index contributed by atoms with van der Waals surface area (Å²) in [4.78, 5) is 10.4. The Hall–Kier alpha value is -0.340. The summed E-state index contributed by atoms with van der Waals surface area (Å²) in [5.41, 5.74) is 1.53. The topological polar surface area (TPSA) is 17.1 Å². The first kappa shape index (κ1) is 8.75. The standard InChI is InChI=1S/C8H6BrClO/c1-5-7(10)3-2-6(4-11)8(5)9/h2-4H,1H3. The van der Waals surface area contributed by atoms with Crippen LogP contribution in [0.2, 0.25) is 5.02 Å². The zero-order chi connectivity index (χ0) is 8.43. The van der Waals surface area contributed by atoms with Crippen molar-refractivity contribution in [2.24, 2.45) is 0 Å². The van der Waals surface area contributed by atoms with E-state index < -0.39 is 0 Å². The Morgan fingerprint density at radius 2 is 2.18 bits per heavy atom. The van der Waals surface area contributed by atoms with Gasteiger partial charge in [-0.3, -0.25) is 4.79 Å². The van der Waals surface area contributed by atoms with Crippen molar-refractivity contribution >= 4 is 33.8 Å². The van der Waals surface area contributed by atoms with Gasteiger partial charge in [-0.25, -0.2) is 0 Å². The normalized spacial score (nSPS) is 9.73. The van der Waals surface area contributed by atoms with E-state index in [1.807, 2.05) is 6.92 Å². The Morgan fingerprint density at radius 3 is 2.73 bits per heavy atom. The molecule has 0 aliphatic carbocycles. The molecule has 0 aliphatic rings. The van der Waals surface area contributed by atoms with Gasteiger partial charge in [0.2, 0.25) is 0 Å². The smallest absolute Gasteiger partial charge is 0.151 e. The van der Waals surface area contributed by atoms with Gasteiger partial charge in [0.05, 0.1) is 0 Å². The average Bonchev–Trinajstić information content (AvgIpc) is 2.01. The first-order valence-corrected chi connectivity index (χ1v) is 4.23. The lowest BCUT2D eigenvalue weighted by Crippen LogP contribution is -1.86. The summed E-state index contributed by atoms with van der Waals surface area (Å²) in [6.45, 7) is 1.86. The van der Waals surface area contributed by atoms with Gasteiger partial charge in [0, 0.05) is 15.1 Å². The molecule has 0 radical (unpaired) electrons. The zero-order valence-corrected chi connectivity index (χ0v) is 8.24. The molecule has 0 saturated heterocycles. The molecular weight excluding hydrogens is 227 g/mol. The van der Waals surface area contributed by atoms with Gasteiger partial charge >= 0.3 is 0 Å². The highest BCUT2D eigenvalue weighted by atomic mass is 79.9. The molecule has 0 bridgehead atoms. The van der Waals surface area contributed by atoms with E-state index >= 15 is 0 Å². The van der Waals surface area contributed by atoms with Gasteiger partial charge in [-0.05, 0) is 40.5 Å². The molecule has 0 atom stereocenters. The van der Waals surface area contributed by atoms with Gasteiger partial charge in [-0.15, -0.1) is 0 Å². The number of rotatable bonds is 1. The van der Waals surface area contributed by atoms with Gasteiger partial charge in [0.1, 0.15) is 0 Å². The Bertz CT molecular complexity index is 296.